The van der Waals surface area contributed by atoms with E-state index in [1.54, 1.807) is 54.9 Å². The minimum atomic E-state index is -0.919. The molecule has 0 aliphatic heterocycles. The van der Waals surface area contributed by atoms with Gasteiger partial charge in [0, 0.05) is 18.4 Å². The molecule has 2 aromatic heterocycles. The second-order valence-electron chi connectivity index (χ2n) is 7.50. The third-order valence-electron chi connectivity index (χ3n) is 5.53. The number of para-hydroxylation sites is 2. The zero-order valence-corrected chi connectivity index (χ0v) is 17.4. The Bertz CT molecular complexity index is 1010. The van der Waals surface area contributed by atoms with Crippen LogP contribution in [0.25, 0.3) is 0 Å². The van der Waals surface area contributed by atoms with Gasteiger partial charge in [0.15, 0.2) is 5.76 Å². The number of methoxy groups -OCH3 is 1. The zero-order chi connectivity index (χ0) is 21.6. The molecule has 1 saturated carbocycles. The van der Waals surface area contributed by atoms with E-state index in [0.717, 1.165) is 25.7 Å². The van der Waals surface area contributed by atoms with Crippen molar-refractivity contribution in [1.82, 2.24) is 10.3 Å². The van der Waals surface area contributed by atoms with E-state index in [-0.39, 0.29) is 17.7 Å². The summed E-state index contributed by atoms with van der Waals surface area (Å²) in [5, 5.41) is 3.14. The Hall–Kier alpha value is -3.61. The van der Waals surface area contributed by atoms with Crippen LogP contribution in [0.4, 0.5) is 5.69 Å². The summed E-state index contributed by atoms with van der Waals surface area (Å²) in [5.41, 5.74) is 1.13. The highest BCUT2D eigenvalue weighted by Gasteiger charge is 2.37. The maximum atomic E-state index is 13.6. The lowest BCUT2D eigenvalue weighted by Crippen LogP contribution is -2.46. The molecular formula is C24H25N3O4. The molecule has 1 aliphatic rings. The molecule has 2 heterocycles. The molecule has 1 N–H and O–H groups in total. The molecule has 1 aromatic carbocycles. The molecule has 0 bridgehead atoms. The van der Waals surface area contributed by atoms with E-state index in [0.29, 0.717) is 17.0 Å². The first kappa shape index (κ1) is 20.7. The highest BCUT2D eigenvalue weighted by Crippen LogP contribution is 2.36. The quantitative estimate of drug-likeness (QED) is 0.622. The number of rotatable bonds is 7. The van der Waals surface area contributed by atoms with Crippen LogP contribution >= 0.6 is 0 Å². The molecule has 7 heteroatoms. The van der Waals surface area contributed by atoms with Crippen molar-refractivity contribution in [2.24, 2.45) is 0 Å². The number of carbonyl (C=O) groups excluding carboxylic acids is 2. The van der Waals surface area contributed by atoms with Gasteiger partial charge in [0.25, 0.3) is 5.91 Å². The predicted molar refractivity (Wildman–Crippen MR) is 116 cm³/mol. The van der Waals surface area contributed by atoms with Crippen molar-refractivity contribution in [1.29, 1.82) is 0 Å². The largest absolute Gasteiger partial charge is 0.495 e. The minimum Gasteiger partial charge on any atom is -0.495 e. The van der Waals surface area contributed by atoms with Gasteiger partial charge in [-0.25, -0.2) is 0 Å². The summed E-state index contributed by atoms with van der Waals surface area (Å²) in [4.78, 5) is 32.7. The first-order chi connectivity index (χ1) is 15.2. The van der Waals surface area contributed by atoms with Gasteiger partial charge in [0.1, 0.15) is 11.8 Å². The summed E-state index contributed by atoms with van der Waals surface area (Å²) in [6, 6.07) is 13.1. The van der Waals surface area contributed by atoms with E-state index in [1.807, 2.05) is 6.07 Å². The van der Waals surface area contributed by atoms with E-state index < -0.39 is 11.9 Å². The van der Waals surface area contributed by atoms with Crippen LogP contribution in [0.15, 0.2) is 71.6 Å². The number of nitrogens with zero attached hydrogens (tertiary/aromatic N) is 2. The summed E-state index contributed by atoms with van der Waals surface area (Å²) in [6.07, 6.45) is 8.73. The fraction of sp³-hybridized carbons (Fsp3) is 0.292. The molecule has 0 spiro atoms. The van der Waals surface area contributed by atoms with Gasteiger partial charge in [-0.05, 0) is 54.8 Å². The van der Waals surface area contributed by atoms with Crippen LogP contribution in [-0.2, 0) is 4.79 Å². The van der Waals surface area contributed by atoms with Crippen molar-refractivity contribution in [3.63, 3.8) is 0 Å². The van der Waals surface area contributed by atoms with Gasteiger partial charge in [-0.3, -0.25) is 19.5 Å². The maximum Gasteiger partial charge on any atom is 0.295 e. The van der Waals surface area contributed by atoms with E-state index in [1.165, 1.54) is 18.3 Å². The molecular weight excluding hydrogens is 394 g/mol. The van der Waals surface area contributed by atoms with Gasteiger partial charge in [-0.15, -0.1) is 0 Å². The topological polar surface area (TPSA) is 84.7 Å². The fourth-order valence-corrected chi connectivity index (χ4v) is 4.03. The SMILES string of the molecule is COc1ccccc1N(C(=O)c1ccco1)[C@@H](C(=O)NC1CCCC1)c1ccncc1. The molecule has 31 heavy (non-hydrogen) atoms. The Balaban J connectivity index is 1.82. The molecule has 2 amide bonds. The van der Waals surface area contributed by atoms with Crippen molar-refractivity contribution in [2.75, 3.05) is 12.0 Å². The number of pyridine rings is 1. The summed E-state index contributed by atoms with van der Waals surface area (Å²) in [5.74, 6) is -0.0597. The summed E-state index contributed by atoms with van der Waals surface area (Å²) >= 11 is 0. The number of hydrogen-bond acceptors (Lipinski definition) is 5. The molecule has 1 aliphatic carbocycles. The van der Waals surface area contributed by atoms with Gasteiger partial charge in [-0.1, -0.05) is 25.0 Å². The van der Waals surface area contributed by atoms with Crippen LogP contribution in [0.5, 0.6) is 5.75 Å². The third-order valence-corrected chi connectivity index (χ3v) is 5.53. The number of carbonyl (C=O) groups is 2. The average Bonchev–Trinajstić information content (AvgIpc) is 3.52. The van der Waals surface area contributed by atoms with Gasteiger partial charge >= 0.3 is 0 Å². The molecule has 160 valence electrons. The van der Waals surface area contributed by atoms with Crippen molar-refractivity contribution in [3.05, 3.63) is 78.5 Å². The van der Waals surface area contributed by atoms with Crippen molar-refractivity contribution in [2.45, 2.75) is 37.8 Å². The predicted octanol–water partition coefficient (Wildman–Crippen LogP) is 4.13. The molecule has 0 saturated heterocycles. The molecule has 3 aromatic rings. The molecule has 7 nitrogen and oxygen atoms in total. The smallest absolute Gasteiger partial charge is 0.295 e. The van der Waals surface area contributed by atoms with Crippen LogP contribution in [0, 0.1) is 0 Å². The molecule has 0 radical (unpaired) electrons. The number of ether oxygens (including phenoxy) is 1. The van der Waals surface area contributed by atoms with Crippen molar-refractivity contribution >= 4 is 17.5 Å². The summed E-state index contributed by atoms with van der Waals surface area (Å²) in [7, 11) is 1.54. The van der Waals surface area contributed by atoms with Crippen LogP contribution < -0.4 is 15.0 Å². The number of amides is 2. The first-order valence-electron chi connectivity index (χ1n) is 10.4. The Morgan fingerprint density at radius 3 is 2.52 bits per heavy atom. The second-order valence-corrected chi connectivity index (χ2v) is 7.50. The van der Waals surface area contributed by atoms with Gasteiger partial charge in [-0.2, -0.15) is 0 Å². The number of benzene rings is 1. The molecule has 1 fully saturated rings. The van der Waals surface area contributed by atoms with Crippen molar-refractivity contribution < 1.29 is 18.7 Å². The third kappa shape index (κ3) is 4.45. The molecule has 0 unspecified atom stereocenters. The van der Waals surface area contributed by atoms with Gasteiger partial charge in [0.2, 0.25) is 5.91 Å². The number of anilines is 1. The standard InChI is InChI=1S/C24H25N3O4/c1-30-20-10-5-4-9-19(20)27(24(29)21-11-6-16-31-21)22(17-12-14-25-15-13-17)23(28)26-18-7-2-3-8-18/h4-6,9-16,18,22H,2-3,7-8H2,1H3,(H,26,28)/t22-/m1/s1. The Labute approximate surface area is 181 Å². The van der Waals surface area contributed by atoms with Crippen LogP contribution in [0.2, 0.25) is 0 Å². The van der Waals surface area contributed by atoms with Gasteiger partial charge in [0.05, 0.1) is 19.1 Å². The van der Waals surface area contributed by atoms with E-state index in [9.17, 15) is 9.59 Å². The van der Waals surface area contributed by atoms with Crippen LogP contribution in [-0.4, -0.2) is 29.9 Å². The lowest BCUT2D eigenvalue weighted by Gasteiger charge is -2.32. The molecule has 4 rings (SSSR count). The Morgan fingerprint density at radius 1 is 1.10 bits per heavy atom. The highest BCUT2D eigenvalue weighted by molar-refractivity contribution is 6.09. The average molecular weight is 419 g/mol. The van der Waals surface area contributed by atoms with Crippen molar-refractivity contribution in [3.8, 4) is 5.75 Å². The number of aromatic nitrogens is 1. The zero-order valence-electron chi connectivity index (χ0n) is 17.4. The lowest BCUT2D eigenvalue weighted by molar-refractivity contribution is -0.123. The van der Waals surface area contributed by atoms with E-state index in [4.69, 9.17) is 9.15 Å². The summed E-state index contributed by atoms with van der Waals surface area (Å²) in [6.45, 7) is 0. The number of nitrogens with one attached hydrogen (secondary N) is 1. The maximum absolute atomic E-state index is 13.6. The van der Waals surface area contributed by atoms with E-state index >= 15 is 0 Å². The van der Waals surface area contributed by atoms with Gasteiger partial charge < -0.3 is 14.5 Å². The Kier molecular flexibility index (Phi) is 6.31. The van der Waals surface area contributed by atoms with E-state index in [2.05, 4.69) is 10.3 Å². The normalized spacial score (nSPS) is 14.7. The monoisotopic (exact) mass is 419 g/mol. The summed E-state index contributed by atoms with van der Waals surface area (Å²) < 4.78 is 10.9. The second kappa shape index (κ2) is 9.47. The fourth-order valence-electron chi connectivity index (χ4n) is 4.03. The lowest BCUT2D eigenvalue weighted by atomic mass is 10.0. The number of hydrogen-bond donors (Lipinski definition) is 1. The highest BCUT2D eigenvalue weighted by atomic mass is 16.5. The first-order valence-corrected chi connectivity index (χ1v) is 10.4. The minimum absolute atomic E-state index is 0.107. The van der Waals surface area contributed by atoms with Crippen LogP contribution in [0.3, 0.4) is 0 Å². The Morgan fingerprint density at radius 2 is 1.84 bits per heavy atom. The molecule has 1 atom stereocenters. The van der Waals surface area contributed by atoms with Crippen LogP contribution in [0.1, 0.15) is 47.8 Å². The number of furan rings is 1.